The fourth-order valence-electron chi connectivity index (χ4n) is 2.82. The Kier molecular flexibility index (Phi) is 5.78. The Morgan fingerprint density at radius 1 is 1.26 bits per heavy atom. The highest BCUT2D eigenvalue weighted by Gasteiger charge is 2.28. The number of nitrogens with zero attached hydrogens (tertiary/aromatic N) is 3. The maximum atomic E-state index is 12.3. The van der Waals surface area contributed by atoms with Crippen LogP contribution in [-0.2, 0) is 6.54 Å². The van der Waals surface area contributed by atoms with Gasteiger partial charge in [-0.15, -0.1) is 0 Å². The van der Waals surface area contributed by atoms with Crippen LogP contribution in [0.5, 0.6) is 5.75 Å². The van der Waals surface area contributed by atoms with E-state index in [1.807, 2.05) is 0 Å². The van der Waals surface area contributed by atoms with E-state index >= 15 is 0 Å². The van der Waals surface area contributed by atoms with Crippen LogP contribution in [0.15, 0.2) is 41.6 Å². The van der Waals surface area contributed by atoms with E-state index in [-0.39, 0.29) is 11.8 Å². The lowest BCUT2D eigenvalue weighted by molar-refractivity contribution is -0.142. The minimum absolute atomic E-state index is 0.208. The molecular formula is C18H19F3N4O2. The van der Waals surface area contributed by atoms with Gasteiger partial charge in [-0.25, -0.2) is 5.43 Å². The van der Waals surface area contributed by atoms with Gasteiger partial charge in [-0.3, -0.25) is 9.48 Å². The Morgan fingerprint density at radius 2 is 1.96 bits per heavy atom. The first-order chi connectivity index (χ1) is 12.9. The molecule has 1 aromatic carbocycles. The van der Waals surface area contributed by atoms with Gasteiger partial charge < -0.3 is 4.74 Å². The van der Waals surface area contributed by atoms with Crippen LogP contribution in [0.2, 0.25) is 0 Å². The molecule has 144 valence electrons. The van der Waals surface area contributed by atoms with E-state index in [0.29, 0.717) is 5.56 Å². The Balaban J connectivity index is 1.50. The van der Waals surface area contributed by atoms with Crippen molar-refractivity contribution in [2.24, 2.45) is 5.10 Å². The minimum Gasteiger partial charge on any atom is -0.490 e. The predicted molar refractivity (Wildman–Crippen MR) is 92.7 cm³/mol. The maximum absolute atomic E-state index is 12.3. The van der Waals surface area contributed by atoms with Gasteiger partial charge in [-0.05, 0) is 56.0 Å². The van der Waals surface area contributed by atoms with E-state index in [4.69, 9.17) is 4.74 Å². The summed E-state index contributed by atoms with van der Waals surface area (Å²) in [6.07, 6.45) is 2.73. The smallest absolute Gasteiger partial charge is 0.408 e. The van der Waals surface area contributed by atoms with Crippen LogP contribution in [0.25, 0.3) is 0 Å². The Labute approximate surface area is 154 Å². The second kappa shape index (κ2) is 8.24. The van der Waals surface area contributed by atoms with Crippen molar-refractivity contribution in [3.05, 3.63) is 47.8 Å². The Hall–Kier alpha value is -2.84. The Bertz CT molecular complexity index is 794. The van der Waals surface area contributed by atoms with Crippen molar-refractivity contribution in [2.75, 3.05) is 0 Å². The van der Waals surface area contributed by atoms with Gasteiger partial charge in [0.05, 0.1) is 12.3 Å². The van der Waals surface area contributed by atoms with Crippen LogP contribution in [0.4, 0.5) is 13.2 Å². The van der Waals surface area contributed by atoms with Crippen molar-refractivity contribution in [3.8, 4) is 5.75 Å². The third kappa shape index (κ3) is 5.83. The molecule has 3 rings (SSSR count). The zero-order valence-electron chi connectivity index (χ0n) is 14.4. The highest BCUT2D eigenvalue weighted by Crippen LogP contribution is 2.24. The van der Waals surface area contributed by atoms with E-state index in [1.165, 1.54) is 31.3 Å². The van der Waals surface area contributed by atoms with Gasteiger partial charge >= 0.3 is 6.18 Å². The summed E-state index contributed by atoms with van der Waals surface area (Å²) in [5, 5.41) is 7.43. The topological polar surface area (TPSA) is 68.5 Å². The van der Waals surface area contributed by atoms with E-state index < -0.39 is 18.6 Å². The number of hydrazone groups is 1. The number of rotatable bonds is 6. The quantitative estimate of drug-likeness (QED) is 0.616. The number of carbonyl (C=O) groups excluding carboxylic acids is 1. The third-order valence-electron chi connectivity index (χ3n) is 4.09. The average molecular weight is 380 g/mol. The summed E-state index contributed by atoms with van der Waals surface area (Å²) in [5.41, 5.74) is 2.92. The van der Waals surface area contributed by atoms with Crippen molar-refractivity contribution >= 4 is 12.1 Å². The van der Waals surface area contributed by atoms with Crippen LogP contribution < -0.4 is 10.2 Å². The molecule has 0 saturated heterocycles. The monoisotopic (exact) mass is 380 g/mol. The van der Waals surface area contributed by atoms with E-state index in [9.17, 15) is 18.0 Å². The number of amides is 1. The molecule has 1 aliphatic carbocycles. The molecule has 0 radical (unpaired) electrons. The molecule has 1 saturated carbocycles. The molecule has 0 bridgehead atoms. The lowest BCUT2D eigenvalue weighted by Crippen LogP contribution is -2.18. The van der Waals surface area contributed by atoms with Crippen molar-refractivity contribution in [2.45, 2.75) is 44.5 Å². The van der Waals surface area contributed by atoms with Crippen molar-refractivity contribution in [3.63, 3.8) is 0 Å². The van der Waals surface area contributed by atoms with E-state index in [1.54, 1.807) is 24.3 Å². The molecule has 0 spiro atoms. The first kappa shape index (κ1) is 18.9. The number of nitrogens with one attached hydrogen (secondary N) is 1. The van der Waals surface area contributed by atoms with Gasteiger partial charge in [0.15, 0.2) is 0 Å². The van der Waals surface area contributed by atoms with Gasteiger partial charge in [-0.2, -0.15) is 23.4 Å². The lowest BCUT2D eigenvalue weighted by Gasteiger charge is -2.12. The minimum atomic E-state index is -4.34. The molecule has 2 aromatic rings. The molecule has 0 atom stereocenters. The number of carbonyl (C=O) groups is 1. The SMILES string of the molecule is O=C(N/N=C/c1ccn(CC(F)(F)F)n1)c1ccc(OC2CCCC2)cc1. The van der Waals surface area contributed by atoms with Crippen LogP contribution in [-0.4, -0.2) is 34.2 Å². The van der Waals surface area contributed by atoms with Crippen LogP contribution in [0.3, 0.4) is 0 Å². The molecule has 1 amide bonds. The fraction of sp³-hybridized carbons (Fsp3) is 0.389. The zero-order valence-corrected chi connectivity index (χ0v) is 14.4. The van der Waals surface area contributed by atoms with Crippen molar-refractivity contribution in [1.29, 1.82) is 0 Å². The summed E-state index contributed by atoms with van der Waals surface area (Å²) in [6, 6.07) is 8.10. The van der Waals surface area contributed by atoms with Gasteiger partial charge in [0.25, 0.3) is 5.91 Å². The fourth-order valence-corrected chi connectivity index (χ4v) is 2.82. The lowest BCUT2D eigenvalue weighted by atomic mass is 10.2. The number of benzene rings is 1. The molecule has 1 fully saturated rings. The zero-order chi connectivity index (χ0) is 19.3. The molecule has 1 aromatic heterocycles. The average Bonchev–Trinajstić information content (AvgIpc) is 3.26. The second-order valence-electron chi connectivity index (χ2n) is 6.30. The number of hydrogen-bond donors (Lipinski definition) is 1. The standard InChI is InChI=1S/C18H19F3N4O2/c19-18(20,21)12-25-10-9-14(24-25)11-22-23-17(26)13-5-7-16(8-6-13)27-15-3-1-2-4-15/h5-11,15H,1-4,12H2,(H,23,26)/b22-11+. The molecule has 1 aliphatic rings. The number of hydrogen-bond acceptors (Lipinski definition) is 4. The summed E-state index contributed by atoms with van der Waals surface area (Å²) in [7, 11) is 0. The summed E-state index contributed by atoms with van der Waals surface area (Å²) >= 11 is 0. The normalized spacial score (nSPS) is 15.4. The molecule has 6 nitrogen and oxygen atoms in total. The number of ether oxygens (including phenoxy) is 1. The Morgan fingerprint density at radius 3 is 2.63 bits per heavy atom. The van der Waals surface area contributed by atoms with Gasteiger partial charge in [0.2, 0.25) is 0 Å². The molecule has 0 unspecified atom stereocenters. The third-order valence-corrected chi connectivity index (χ3v) is 4.09. The predicted octanol–water partition coefficient (Wildman–Crippen LogP) is 3.53. The first-order valence-corrected chi connectivity index (χ1v) is 8.59. The van der Waals surface area contributed by atoms with Crippen molar-refractivity contribution in [1.82, 2.24) is 15.2 Å². The highest BCUT2D eigenvalue weighted by molar-refractivity contribution is 5.94. The largest absolute Gasteiger partial charge is 0.490 e. The van der Waals surface area contributed by atoms with Gasteiger partial charge in [-0.1, -0.05) is 0 Å². The summed E-state index contributed by atoms with van der Waals surface area (Å²) in [5.74, 6) is 0.283. The molecule has 1 N–H and O–H groups in total. The van der Waals surface area contributed by atoms with E-state index in [2.05, 4.69) is 15.6 Å². The second-order valence-corrected chi connectivity index (χ2v) is 6.30. The van der Waals surface area contributed by atoms with Crippen LogP contribution >= 0.6 is 0 Å². The molecule has 27 heavy (non-hydrogen) atoms. The van der Waals surface area contributed by atoms with Crippen molar-refractivity contribution < 1.29 is 22.7 Å². The van der Waals surface area contributed by atoms with Gasteiger partial charge in [0, 0.05) is 11.8 Å². The van der Waals surface area contributed by atoms with Crippen LogP contribution in [0.1, 0.15) is 41.7 Å². The van der Waals surface area contributed by atoms with Crippen LogP contribution in [0, 0.1) is 0 Å². The molecular weight excluding hydrogens is 361 g/mol. The first-order valence-electron chi connectivity index (χ1n) is 8.59. The summed E-state index contributed by atoms with van der Waals surface area (Å²) in [6.45, 7) is -1.18. The summed E-state index contributed by atoms with van der Waals surface area (Å²) < 4.78 is 43.4. The molecule has 1 heterocycles. The molecule has 0 aliphatic heterocycles. The number of alkyl halides is 3. The number of aromatic nitrogens is 2. The van der Waals surface area contributed by atoms with Gasteiger partial charge in [0.1, 0.15) is 18.0 Å². The highest BCUT2D eigenvalue weighted by atomic mass is 19.4. The maximum Gasteiger partial charge on any atom is 0.408 e. The number of halogens is 3. The summed E-state index contributed by atoms with van der Waals surface area (Å²) in [4.78, 5) is 12.0. The molecule has 9 heteroatoms. The van der Waals surface area contributed by atoms with E-state index in [0.717, 1.165) is 23.3 Å².